The average molecular weight is 446 g/mol. The summed E-state index contributed by atoms with van der Waals surface area (Å²) in [4.78, 5) is 45.4. The highest BCUT2D eigenvalue weighted by molar-refractivity contribution is 9.09. The fourth-order valence-electron chi connectivity index (χ4n) is 2.19. The molecule has 0 aromatic heterocycles. The molecule has 0 bridgehead atoms. The number of carbonyl (C=O) groups is 4. The minimum absolute atomic E-state index is 0.309. The minimum Gasteiger partial charge on any atom is -0.462 e. The summed E-state index contributed by atoms with van der Waals surface area (Å²) in [6.45, 7) is 3.15. The van der Waals surface area contributed by atoms with Crippen LogP contribution in [0.4, 0.5) is 0 Å². The number of alkyl halides is 2. The highest BCUT2D eigenvalue weighted by Crippen LogP contribution is 2.31. The summed E-state index contributed by atoms with van der Waals surface area (Å²) in [5.74, 6) is -3.09. The van der Waals surface area contributed by atoms with Gasteiger partial charge in [-0.2, -0.15) is 0 Å². The van der Waals surface area contributed by atoms with Crippen molar-refractivity contribution in [1.82, 2.24) is 0 Å². The molecule has 1 saturated heterocycles. The molecule has 0 amide bonds. The molecule has 142 valence electrons. The monoisotopic (exact) mass is 444 g/mol. The van der Waals surface area contributed by atoms with Crippen LogP contribution in [0.5, 0.6) is 0 Å². The molecule has 1 aliphatic rings. The van der Waals surface area contributed by atoms with Crippen molar-refractivity contribution in [3.8, 4) is 0 Å². The average Bonchev–Trinajstić information content (AvgIpc) is 2.50. The molecular formula is C14H18BrClO9. The van der Waals surface area contributed by atoms with Crippen LogP contribution < -0.4 is 0 Å². The van der Waals surface area contributed by atoms with E-state index < -0.39 is 53.3 Å². The van der Waals surface area contributed by atoms with Gasteiger partial charge in [-0.25, -0.2) is 0 Å². The van der Waals surface area contributed by atoms with E-state index in [-0.39, 0.29) is 12.5 Å². The van der Waals surface area contributed by atoms with Crippen LogP contribution in [-0.4, -0.2) is 65.8 Å². The smallest absolute Gasteiger partial charge is 0.320 e. The zero-order valence-corrected chi connectivity index (χ0v) is 16.1. The summed E-state index contributed by atoms with van der Waals surface area (Å²) in [5.41, 5.74) is 0. The Hall–Kier alpha value is -1.39. The molecule has 5 atom stereocenters. The molecule has 9 nitrogen and oxygen atoms in total. The van der Waals surface area contributed by atoms with Crippen molar-refractivity contribution in [2.75, 3.05) is 12.5 Å². The molecule has 1 heterocycles. The van der Waals surface area contributed by atoms with Crippen LogP contribution in [0.1, 0.15) is 20.8 Å². The Morgan fingerprint density at radius 2 is 1.40 bits per heavy atom. The predicted molar refractivity (Wildman–Crippen MR) is 85.9 cm³/mol. The number of hydrogen-bond acceptors (Lipinski definition) is 9. The van der Waals surface area contributed by atoms with Gasteiger partial charge in [-0.1, -0.05) is 15.9 Å². The second-order valence-electron chi connectivity index (χ2n) is 5.06. The molecule has 0 spiro atoms. The molecule has 5 unspecified atom stereocenters. The van der Waals surface area contributed by atoms with Crippen LogP contribution in [-0.2, 0) is 42.9 Å². The summed E-state index contributed by atoms with van der Waals surface area (Å²) >= 11 is 8.53. The number of esters is 4. The Balaban J connectivity index is 3.09. The number of ether oxygens (including phenoxy) is 5. The van der Waals surface area contributed by atoms with Gasteiger partial charge in [-0.3, -0.25) is 19.2 Å². The predicted octanol–water partition coefficient (Wildman–Crippen LogP) is 0.683. The molecule has 0 aliphatic carbocycles. The molecular weight excluding hydrogens is 428 g/mol. The van der Waals surface area contributed by atoms with Crippen molar-refractivity contribution in [3.63, 3.8) is 0 Å². The first-order valence-electron chi connectivity index (χ1n) is 7.18. The first-order valence-corrected chi connectivity index (χ1v) is 8.63. The summed E-state index contributed by atoms with van der Waals surface area (Å²) in [6.07, 6.45) is -4.38. The molecule has 1 rings (SSSR count). The molecule has 0 aromatic carbocycles. The van der Waals surface area contributed by atoms with Gasteiger partial charge in [0.25, 0.3) is 0 Å². The molecule has 11 heteroatoms. The zero-order valence-electron chi connectivity index (χ0n) is 13.7. The number of rotatable bonds is 6. The largest absolute Gasteiger partial charge is 0.462 e. The third kappa shape index (κ3) is 6.79. The van der Waals surface area contributed by atoms with Gasteiger partial charge in [0.1, 0.15) is 18.6 Å². The van der Waals surface area contributed by atoms with Crippen LogP contribution in [0.2, 0.25) is 0 Å². The lowest BCUT2D eigenvalue weighted by Gasteiger charge is -2.42. The van der Waals surface area contributed by atoms with Crippen LogP contribution >= 0.6 is 27.5 Å². The minimum atomic E-state index is -1.16. The third-order valence-corrected chi connectivity index (χ3v) is 3.96. The number of hydrogen-bond donors (Lipinski definition) is 0. The van der Waals surface area contributed by atoms with E-state index in [0.29, 0.717) is 0 Å². The standard InChI is InChI=1S/C14H18BrClO9/c1-6(17)22-11-9(5-21-10(20)4-16)25-14(15)13(24-8(3)19)12(11)23-7(2)18/h9,11-14H,4-5H2,1-3H3. The van der Waals surface area contributed by atoms with Gasteiger partial charge in [0.15, 0.2) is 23.3 Å². The Labute approximate surface area is 157 Å². The van der Waals surface area contributed by atoms with Gasteiger partial charge in [-0.05, 0) is 0 Å². The van der Waals surface area contributed by atoms with Crippen LogP contribution in [0.3, 0.4) is 0 Å². The maximum absolute atomic E-state index is 11.4. The molecule has 25 heavy (non-hydrogen) atoms. The Morgan fingerprint density at radius 1 is 0.920 bits per heavy atom. The Morgan fingerprint density at radius 3 is 1.88 bits per heavy atom. The maximum Gasteiger partial charge on any atom is 0.320 e. The van der Waals surface area contributed by atoms with Gasteiger partial charge < -0.3 is 23.7 Å². The molecule has 1 aliphatic heterocycles. The lowest BCUT2D eigenvalue weighted by atomic mass is 9.99. The van der Waals surface area contributed by atoms with Gasteiger partial charge in [0.2, 0.25) is 0 Å². The van der Waals surface area contributed by atoms with E-state index in [2.05, 4.69) is 15.9 Å². The van der Waals surface area contributed by atoms with E-state index in [9.17, 15) is 19.2 Å². The third-order valence-electron chi connectivity index (χ3n) is 3.00. The van der Waals surface area contributed by atoms with E-state index >= 15 is 0 Å². The van der Waals surface area contributed by atoms with Gasteiger partial charge in [0.05, 0.1) is 0 Å². The van der Waals surface area contributed by atoms with E-state index in [0.717, 1.165) is 13.8 Å². The fraction of sp³-hybridized carbons (Fsp3) is 0.714. The molecule has 0 radical (unpaired) electrons. The summed E-state index contributed by atoms with van der Waals surface area (Å²) in [7, 11) is 0. The second-order valence-corrected chi connectivity index (χ2v) is 6.23. The van der Waals surface area contributed by atoms with Crippen molar-refractivity contribution in [2.24, 2.45) is 0 Å². The highest BCUT2D eigenvalue weighted by atomic mass is 79.9. The van der Waals surface area contributed by atoms with E-state index in [1.54, 1.807) is 0 Å². The molecule has 0 saturated carbocycles. The van der Waals surface area contributed by atoms with E-state index in [1.165, 1.54) is 6.92 Å². The fourth-order valence-corrected chi connectivity index (χ4v) is 2.95. The first kappa shape index (κ1) is 21.7. The van der Waals surface area contributed by atoms with Crippen LogP contribution in [0.15, 0.2) is 0 Å². The molecule has 0 N–H and O–H groups in total. The lowest BCUT2D eigenvalue weighted by Crippen LogP contribution is -2.61. The van der Waals surface area contributed by atoms with Gasteiger partial charge in [-0.15, -0.1) is 11.6 Å². The number of carbonyl (C=O) groups excluding carboxylic acids is 4. The van der Waals surface area contributed by atoms with Crippen molar-refractivity contribution < 1.29 is 42.9 Å². The van der Waals surface area contributed by atoms with Crippen molar-refractivity contribution in [1.29, 1.82) is 0 Å². The van der Waals surface area contributed by atoms with Gasteiger partial charge in [0, 0.05) is 20.8 Å². The van der Waals surface area contributed by atoms with E-state index in [4.69, 9.17) is 35.3 Å². The first-order chi connectivity index (χ1) is 11.6. The van der Waals surface area contributed by atoms with Crippen LogP contribution in [0, 0.1) is 0 Å². The van der Waals surface area contributed by atoms with E-state index in [1.807, 2.05) is 0 Å². The van der Waals surface area contributed by atoms with Crippen molar-refractivity contribution in [3.05, 3.63) is 0 Å². The SMILES string of the molecule is CC(=O)OC1C(Br)OC(COC(=O)CCl)C(OC(C)=O)C1OC(C)=O. The number of halogens is 2. The highest BCUT2D eigenvalue weighted by Gasteiger charge is 2.51. The quantitative estimate of drug-likeness (QED) is 0.331. The van der Waals surface area contributed by atoms with Crippen molar-refractivity contribution >= 4 is 51.4 Å². The summed E-state index contributed by atoms with van der Waals surface area (Å²) in [5, 5.41) is -0.896. The molecule has 0 aromatic rings. The van der Waals surface area contributed by atoms with Crippen LogP contribution in [0.25, 0.3) is 0 Å². The maximum atomic E-state index is 11.4. The van der Waals surface area contributed by atoms with Gasteiger partial charge >= 0.3 is 23.9 Å². The normalized spacial score (nSPS) is 28.6. The Bertz CT molecular complexity index is 526. The Kier molecular flexibility index (Phi) is 8.60. The van der Waals surface area contributed by atoms with Crippen molar-refractivity contribution in [2.45, 2.75) is 50.2 Å². The second kappa shape index (κ2) is 9.93. The zero-order chi connectivity index (χ0) is 19.1. The topological polar surface area (TPSA) is 114 Å². The summed E-state index contributed by atoms with van der Waals surface area (Å²) < 4.78 is 25.9. The molecule has 1 fully saturated rings. The lowest BCUT2D eigenvalue weighted by molar-refractivity contribution is -0.236. The summed E-state index contributed by atoms with van der Waals surface area (Å²) in [6, 6.07) is 0.